The Hall–Kier alpha value is -1.26. The van der Waals surface area contributed by atoms with Gasteiger partial charge in [-0.05, 0) is 43.2 Å². The molecule has 0 aliphatic heterocycles. The Balaban J connectivity index is 1.87. The van der Waals surface area contributed by atoms with Crippen LogP contribution >= 0.6 is 27.5 Å². The maximum atomic E-state index is 12.7. The number of furan rings is 1. The highest BCUT2D eigenvalue weighted by Crippen LogP contribution is 2.32. The predicted octanol–water partition coefficient (Wildman–Crippen LogP) is 4.50. The molecule has 1 fully saturated rings. The molecule has 104 valence electrons. The number of rotatable bonds is 4. The molecule has 3 nitrogen and oxygen atoms in total. The fourth-order valence-electron chi connectivity index (χ4n) is 2.14. The molecule has 0 spiro atoms. The number of carbonyl (C=O) groups is 1. The van der Waals surface area contributed by atoms with Crippen LogP contribution < -0.4 is 0 Å². The first-order valence-corrected chi connectivity index (χ1v) is 7.60. The maximum Gasteiger partial charge on any atom is 0.256 e. The van der Waals surface area contributed by atoms with E-state index in [-0.39, 0.29) is 5.91 Å². The van der Waals surface area contributed by atoms with Crippen LogP contribution in [0.3, 0.4) is 0 Å². The first-order chi connectivity index (χ1) is 9.65. The van der Waals surface area contributed by atoms with E-state index >= 15 is 0 Å². The second kappa shape index (κ2) is 5.62. The SMILES string of the molecule is O=C(c1cc(Br)ccc1Cl)N(Cc1ccco1)C1CC1. The van der Waals surface area contributed by atoms with Crippen molar-refractivity contribution in [1.29, 1.82) is 0 Å². The largest absolute Gasteiger partial charge is 0.467 e. The molecule has 1 amide bonds. The predicted molar refractivity (Wildman–Crippen MR) is 80.8 cm³/mol. The maximum absolute atomic E-state index is 12.7. The van der Waals surface area contributed by atoms with Crippen LogP contribution in [0.4, 0.5) is 0 Å². The lowest BCUT2D eigenvalue weighted by molar-refractivity contribution is 0.0717. The van der Waals surface area contributed by atoms with Gasteiger partial charge in [-0.25, -0.2) is 0 Å². The highest BCUT2D eigenvalue weighted by molar-refractivity contribution is 9.10. The van der Waals surface area contributed by atoms with Crippen LogP contribution in [0, 0.1) is 0 Å². The second-order valence-corrected chi connectivity index (χ2v) is 6.19. The molecule has 1 aliphatic rings. The van der Waals surface area contributed by atoms with Crippen molar-refractivity contribution in [3.63, 3.8) is 0 Å². The molecular weight excluding hydrogens is 342 g/mol. The first kappa shape index (κ1) is 13.7. The van der Waals surface area contributed by atoms with E-state index in [0.717, 1.165) is 23.1 Å². The molecule has 2 aromatic rings. The molecule has 1 aliphatic carbocycles. The summed E-state index contributed by atoms with van der Waals surface area (Å²) >= 11 is 9.53. The lowest BCUT2D eigenvalue weighted by Crippen LogP contribution is -2.32. The summed E-state index contributed by atoms with van der Waals surface area (Å²) in [5, 5.41) is 0.475. The summed E-state index contributed by atoms with van der Waals surface area (Å²) < 4.78 is 6.19. The Morgan fingerprint density at radius 1 is 1.40 bits per heavy atom. The number of carbonyl (C=O) groups excluding carboxylic acids is 1. The molecule has 0 N–H and O–H groups in total. The van der Waals surface area contributed by atoms with E-state index in [1.165, 1.54) is 0 Å². The number of nitrogens with zero attached hydrogens (tertiary/aromatic N) is 1. The third-order valence-corrected chi connectivity index (χ3v) is 4.14. The summed E-state index contributed by atoms with van der Waals surface area (Å²) in [6.45, 7) is 0.485. The van der Waals surface area contributed by atoms with Crippen LogP contribution in [0.25, 0.3) is 0 Å². The van der Waals surface area contributed by atoms with Gasteiger partial charge in [-0.15, -0.1) is 0 Å². The van der Waals surface area contributed by atoms with Crippen LogP contribution in [0.1, 0.15) is 29.0 Å². The van der Waals surface area contributed by atoms with Gasteiger partial charge in [-0.1, -0.05) is 27.5 Å². The van der Waals surface area contributed by atoms with Crippen LogP contribution in [0.15, 0.2) is 45.5 Å². The van der Waals surface area contributed by atoms with E-state index in [0.29, 0.717) is 23.2 Å². The van der Waals surface area contributed by atoms with Crippen molar-refractivity contribution < 1.29 is 9.21 Å². The second-order valence-electron chi connectivity index (χ2n) is 4.87. The van der Waals surface area contributed by atoms with Gasteiger partial charge in [0.05, 0.1) is 23.4 Å². The average molecular weight is 355 g/mol. The zero-order chi connectivity index (χ0) is 14.1. The molecule has 0 saturated heterocycles. The molecule has 0 bridgehead atoms. The van der Waals surface area contributed by atoms with Crippen molar-refractivity contribution in [2.45, 2.75) is 25.4 Å². The zero-order valence-electron chi connectivity index (χ0n) is 10.7. The van der Waals surface area contributed by atoms with Gasteiger partial charge in [0.2, 0.25) is 0 Å². The summed E-state index contributed by atoms with van der Waals surface area (Å²) in [7, 11) is 0. The van der Waals surface area contributed by atoms with Gasteiger partial charge < -0.3 is 9.32 Å². The van der Waals surface area contributed by atoms with E-state index < -0.39 is 0 Å². The minimum Gasteiger partial charge on any atom is -0.467 e. The molecule has 1 aromatic carbocycles. The number of hydrogen-bond donors (Lipinski definition) is 0. The number of benzene rings is 1. The molecule has 1 aromatic heterocycles. The molecule has 3 rings (SSSR count). The number of halogens is 2. The van der Waals surface area contributed by atoms with Crippen molar-refractivity contribution in [2.75, 3.05) is 0 Å². The summed E-state index contributed by atoms with van der Waals surface area (Å²) in [6, 6.07) is 9.33. The highest BCUT2D eigenvalue weighted by atomic mass is 79.9. The van der Waals surface area contributed by atoms with Gasteiger partial charge in [-0.2, -0.15) is 0 Å². The van der Waals surface area contributed by atoms with Crippen molar-refractivity contribution in [2.24, 2.45) is 0 Å². The normalized spacial score (nSPS) is 14.3. The van der Waals surface area contributed by atoms with Crippen LogP contribution in [-0.4, -0.2) is 16.8 Å². The summed E-state index contributed by atoms with van der Waals surface area (Å²) in [4.78, 5) is 14.5. The van der Waals surface area contributed by atoms with E-state index in [1.54, 1.807) is 18.4 Å². The summed E-state index contributed by atoms with van der Waals surface area (Å²) in [5.41, 5.74) is 0.527. The summed E-state index contributed by atoms with van der Waals surface area (Å²) in [6.07, 6.45) is 3.70. The molecule has 0 radical (unpaired) electrons. The van der Waals surface area contributed by atoms with E-state index in [1.807, 2.05) is 23.1 Å². The number of hydrogen-bond acceptors (Lipinski definition) is 2. The van der Waals surface area contributed by atoms with E-state index in [9.17, 15) is 4.79 Å². The fraction of sp³-hybridized carbons (Fsp3) is 0.267. The van der Waals surface area contributed by atoms with Crippen LogP contribution in [0.5, 0.6) is 0 Å². The smallest absolute Gasteiger partial charge is 0.256 e. The van der Waals surface area contributed by atoms with Crippen molar-refractivity contribution >= 4 is 33.4 Å². The van der Waals surface area contributed by atoms with Crippen molar-refractivity contribution in [3.8, 4) is 0 Å². The Bertz CT molecular complexity index is 623. The lowest BCUT2D eigenvalue weighted by Gasteiger charge is -2.22. The Kier molecular flexibility index (Phi) is 3.85. The molecule has 1 heterocycles. The molecular formula is C15H13BrClNO2. The fourth-order valence-corrected chi connectivity index (χ4v) is 2.70. The monoisotopic (exact) mass is 353 g/mol. The molecule has 0 atom stereocenters. The Labute approximate surface area is 130 Å². The van der Waals surface area contributed by atoms with Gasteiger partial charge in [-0.3, -0.25) is 4.79 Å². The van der Waals surface area contributed by atoms with E-state index in [2.05, 4.69) is 15.9 Å². The standard InChI is InChI=1S/C15H13BrClNO2/c16-10-3-6-14(17)13(8-10)15(19)18(11-4-5-11)9-12-2-1-7-20-12/h1-3,6-8,11H,4-5,9H2. The minimum absolute atomic E-state index is 0.0461. The Morgan fingerprint density at radius 3 is 2.85 bits per heavy atom. The Morgan fingerprint density at radius 2 is 2.20 bits per heavy atom. The third kappa shape index (κ3) is 2.91. The van der Waals surface area contributed by atoms with Gasteiger partial charge in [0.25, 0.3) is 5.91 Å². The molecule has 5 heteroatoms. The van der Waals surface area contributed by atoms with Gasteiger partial charge in [0, 0.05) is 10.5 Å². The minimum atomic E-state index is -0.0461. The zero-order valence-corrected chi connectivity index (χ0v) is 13.0. The topological polar surface area (TPSA) is 33.5 Å². The van der Waals surface area contributed by atoms with Gasteiger partial charge in [0.15, 0.2) is 0 Å². The van der Waals surface area contributed by atoms with Crippen LogP contribution in [-0.2, 0) is 6.54 Å². The molecule has 20 heavy (non-hydrogen) atoms. The average Bonchev–Trinajstić information content (AvgIpc) is 3.15. The van der Waals surface area contributed by atoms with Gasteiger partial charge in [0.1, 0.15) is 5.76 Å². The summed E-state index contributed by atoms with van der Waals surface area (Å²) in [5.74, 6) is 0.742. The van der Waals surface area contributed by atoms with Crippen molar-refractivity contribution in [1.82, 2.24) is 4.90 Å². The van der Waals surface area contributed by atoms with E-state index in [4.69, 9.17) is 16.0 Å². The first-order valence-electron chi connectivity index (χ1n) is 6.43. The van der Waals surface area contributed by atoms with Gasteiger partial charge >= 0.3 is 0 Å². The lowest BCUT2D eigenvalue weighted by atomic mass is 10.2. The van der Waals surface area contributed by atoms with Crippen molar-refractivity contribution in [3.05, 3.63) is 57.4 Å². The number of amides is 1. The van der Waals surface area contributed by atoms with Crippen LogP contribution in [0.2, 0.25) is 5.02 Å². The molecule has 0 unspecified atom stereocenters. The highest BCUT2D eigenvalue weighted by Gasteiger charge is 2.34. The molecule has 1 saturated carbocycles. The quantitative estimate of drug-likeness (QED) is 0.810. The third-order valence-electron chi connectivity index (χ3n) is 3.31.